The van der Waals surface area contributed by atoms with Gasteiger partial charge in [0, 0.05) is 12.7 Å². The van der Waals surface area contributed by atoms with Crippen molar-refractivity contribution in [3.05, 3.63) is 57.7 Å². The summed E-state index contributed by atoms with van der Waals surface area (Å²) in [5.74, 6) is 0.882. The van der Waals surface area contributed by atoms with E-state index in [-0.39, 0.29) is 17.4 Å². The van der Waals surface area contributed by atoms with E-state index in [1.807, 2.05) is 30.3 Å². The molecule has 0 saturated heterocycles. The SMILES string of the molecule is CC(C)c1ccc(OCC(=O)Nc2ccc3c(c2)sc(=O)n3C)cc1. The summed E-state index contributed by atoms with van der Waals surface area (Å²) in [5.41, 5.74) is 2.74. The van der Waals surface area contributed by atoms with Crippen LogP contribution in [0.25, 0.3) is 10.2 Å². The smallest absolute Gasteiger partial charge is 0.307 e. The fourth-order valence-electron chi connectivity index (χ4n) is 2.51. The Kier molecular flexibility index (Phi) is 4.90. The van der Waals surface area contributed by atoms with Gasteiger partial charge in [-0.25, -0.2) is 0 Å². The summed E-state index contributed by atoms with van der Waals surface area (Å²) < 4.78 is 7.96. The molecule has 0 aliphatic heterocycles. The molecule has 0 saturated carbocycles. The number of carbonyl (C=O) groups is 1. The molecule has 1 N–H and O–H groups in total. The third-order valence-corrected chi connectivity index (χ3v) is 4.99. The summed E-state index contributed by atoms with van der Waals surface area (Å²) >= 11 is 1.16. The van der Waals surface area contributed by atoms with E-state index in [0.29, 0.717) is 17.4 Å². The van der Waals surface area contributed by atoms with Crippen molar-refractivity contribution in [2.45, 2.75) is 19.8 Å². The second-order valence-electron chi connectivity index (χ2n) is 6.17. The molecule has 1 heterocycles. The Morgan fingerprint density at radius 3 is 2.60 bits per heavy atom. The molecule has 0 aliphatic carbocycles. The molecule has 0 unspecified atom stereocenters. The summed E-state index contributed by atoms with van der Waals surface area (Å²) in [7, 11) is 1.73. The average Bonchev–Trinajstić information content (AvgIpc) is 2.87. The molecular weight excluding hydrogens is 336 g/mol. The minimum Gasteiger partial charge on any atom is -0.484 e. The van der Waals surface area contributed by atoms with Gasteiger partial charge in [0.15, 0.2) is 6.61 Å². The molecule has 0 radical (unpaired) electrons. The average molecular weight is 356 g/mol. The number of ether oxygens (including phenoxy) is 1. The summed E-state index contributed by atoms with van der Waals surface area (Å²) in [4.78, 5) is 23.7. The molecule has 5 nitrogen and oxygen atoms in total. The summed E-state index contributed by atoms with van der Waals surface area (Å²) in [5, 5.41) is 2.79. The molecule has 0 aliphatic rings. The van der Waals surface area contributed by atoms with Gasteiger partial charge in [-0.15, -0.1) is 0 Å². The molecule has 1 aromatic heterocycles. The number of nitrogens with one attached hydrogen (secondary N) is 1. The standard InChI is InChI=1S/C19H20N2O3S/c1-12(2)13-4-7-15(8-5-13)24-11-18(22)20-14-6-9-16-17(10-14)25-19(23)21(16)3/h4-10,12H,11H2,1-3H3,(H,20,22). The van der Waals surface area contributed by atoms with Crippen molar-refractivity contribution in [3.8, 4) is 5.75 Å². The summed E-state index contributed by atoms with van der Waals surface area (Å²) in [6.07, 6.45) is 0. The van der Waals surface area contributed by atoms with Crippen molar-refractivity contribution in [1.29, 1.82) is 0 Å². The Morgan fingerprint density at radius 1 is 1.20 bits per heavy atom. The van der Waals surface area contributed by atoms with E-state index in [1.54, 1.807) is 23.7 Å². The van der Waals surface area contributed by atoms with Gasteiger partial charge in [-0.05, 0) is 41.8 Å². The molecule has 25 heavy (non-hydrogen) atoms. The normalized spacial score (nSPS) is 11.0. The molecule has 0 fully saturated rings. The highest BCUT2D eigenvalue weighted by Gasteiger charge is 2.08. The van der Waals surface area contributed by atoms with Gasteiger partial charge >= 0.3 is 4.87 Å². The van der Waals surface area contributed by atoms with Crippen molar-refractivity contribution < 1.29 is 9.53 Å². The predicted octanol–water partition coefficient (Wildman–Crippen LogP) is 3.74. The van der Waals surface area contributed by atoms with Crippen LogP contribution in [0.15, 0.2) is 47.3 Å². The van der Waals surface area contributed by atoms with Gasteiger partial charge in [-0.3, -0.25) is 9.59 Å². The van der Waals surface area contributed by atoms with E-state index < -0.39 is 0 Å². The first-order valence-corrected chi connectivity index (χ1v) is 8.88. The Morgan fingerprint density at radius 2 is 1.92 bits per heavy atom. The van der Waals surface area contributed by atoms with E-state index in [0.717, 1.165) is 21.6 Å². The molecule has 3 rings (SSSR count). The van der Waals surface area contributed by atoms with E-state index in [4.69, 9.17) is 4.74 Å². The quantitative estimate of drug-likeness (QED) is 0.757. The maximum atomic E-state index is 12.1. The number of amides is 1. The monoisotopic (exact) mass is 356 g/mol. The minimum atomic E-state index is -0.240. The van der Waals surface area contributed by atoms with Crippen LogP contribution in [0, 0.1) is 0 Å². The molecule has 0 atom stereocenters. The van der Waals surface area contributed by atoms with Crippen LogP contribution in [0.5, 0.6) is 5.75 Å². The highest BCUT2D eigenvalue weighted by Crippen LogP contribution is 2.21. The van der Waals surface area contributed by atoms with Crippen molar-refractivity contribution in [2.75, 3.05) is 11.9 Å². The largest absolute Gasteiger partial charge is 0.484 e. The van der Waals surface area contributed by atoms with Crippen molar-refractivity contribution in [1.82, 2.24) is 4.57 Å². The van der Waals surface area contributed by atoms with Crippen LogP contribution in [-0.4, -0.2) is 17.1 Å². The van der Waals surface area contributed by atoms with Gasteiger partial charge in [-0.2, -0.15) is 0 Å². The molecule has 0 spiro atoms. The van der Waals surface area contributed by atoms with Gasteiger partial charge < -0.3 is 14.6 Å². The van der Waals surface area contributed by atoms with E-state index >= 15 is 0 Å². The molecule has 130 valence electrons. The first-order chi connectivity index (χ1) is 11.9. The highest BCUT2D eigenvalue weighted by atomic mass is 32.1. The lowest BCUT2D eigenvalue weighted by Gasteiger charge is -2.09. The van der Waals surface area contributed by atoms with Crippen LogP contribution in [0.1, 0.15) is 25.3 Å². The number of fused-ring (bicyclic) bond motifs is 1. The lowest BCUT2D eigenvalue weighted by Crippen LogP contribution is -2.20. The van der Waals surface area contributed by atoms with Crippen LogP contribution in [0.2, 0.25) is 0 Å². The van der Waals surface area contributed by atoms with Gasteiger partial charge in [0.2, 0.25) is 0 Å². The summed E-state index contributed by atoms with van der Waals surface area (Å²) in [6.45, 7) is 4.19. The van der Waals surface area contributed by atoms with Crippen LogP contribution in [0.4, 0.5) is 5.69 Å². The number of hydrogen-bond donors (Lipinski definition) is 1. The zero-order valence-corrected chi connectivity index (χ0v) is 15.2. The van der Waals surface area contributed by atoms with Crippen LogP contribution in [-0.2, 0) is 11.8 Å². The molecule has 6 heteroatoms. The minimum absolute atomic E-state index is 0.0216. The van der Waals surface area contributed by atoms with Crippen LogP contribution < -0.4 is 14.9 Å². The first-order valence-electron chi connectivity index (χ1n) is 8.06. The van der Waals surface area contributed by atoms with E-state index in [1.165, 1.54) is 5.56 Å². The number of hydrogen-bond acceptors (Lipinski definition) is 4. The van der Waals surface area contributed by atoms with Crippen molar-refractivity contribution in [2.24, 2.45) is 7.05 Å². The van der Waals surface area contributed by atoms with E-state index in [2.05, 4.69) is 19.2 Å². The number of rotatable bonds is 5. The van der Waals surface area contributed by atoms with Gasteiger partial charge in [0.05, 0.1) is 10.2 Å². The number of aryl methyl sites for hydroxylation is 1. The van der Waals surface area contributed by atoms with Gasteiger partial charge in [0.1, 0.15) is 5.75 Å². The molecule has 3 aromatic rings. The number of benzene rings is 2. The maximum Gasteiger partial charge on any atom is 0.307 e. The predicted molar refractivity (Wildman–Crippen MR) is 102 cm³/mol. The Balaban J connectivity index is 1.61. The van der Waals surface area contributed by atoms with Gasteiger partial charge in [-0.1, -0.05) is 37.3 Å². The van der Waals surface area contributed by atoms with Crippen molar-refractivity contribution >= 4 is 33.1 Å². The number of aromatic nitrogens is 1. The highest BCUT2D eigenvalue weighted by molar-refractivity contribution is 7.16. The number of carbonyl (C=O) groups excluding carboxylic acids is 1. The third-order valence-electron chi connectivity index (χ3n) is 3.99. The number of thiazole rings is 1. The second-order valence-corrected chi connectivity index (χ2v) is 7.16. The Bertz CT molecular complexity index is 955. The molecule has 2 aromatic carbocycles. The molecule has 1 amide bonds. The fourth-order valence-corrected chi connectivity index (χ4v) is 3.43. The zero-order chi connectivity index (χ0) is 18.0. The lowest BCUT2D eigenvalue weighted by molar-refractivity contribution is -0.118. The molecule has 0 bridgehead atoms. The lowest BCUT2D eigenvalue weighted by atomic mass is 10.0. The first kappa shape index (κ1) is 17.2. The molecular formula is C19H20N2O3S. The Hall–Kier alpha value is -2.60. The van der Waals surface area contributed by atoms with E-state index in [9.17, 15) is 9.59 Å². The van der Waals surface area contributed by atoms with Crippen molar-refractivity contribution in [3.63, 3.8) is 0 Å². The Labute approximate surface area is 149 Å². The zero-order valence-electron chi connectivity index (χ0n) is 14.4. The fraction of sp³-hybridized carbons (Fsp3) is 0.263. The van der Waals surface area contributed by atoms with Crippen LogP contribution >= 0.6 is 11.3 Å². The number of anilines is 1. The maximum absolute atomic E-state index is 12.1. The second kappa shape index (κ2) is 7.11. The van der Waals surface area contributed by atoms with Gasteiger partial charge in [0.25, 0.3) is 5.91 Å². The number of nitrogens with zero attached hydrogens (tertiary/aromatic N) is 1. The van der Waals surface area contributed by atoms with Crippen LogP contribution in [0.3, 0.4) is 0 Å². The third kappa shape index (κ3) is 3.91. The topological polar surface area (TPSA) is 60.3 Å². The summed E-state index contributed by atoms with van der Waals surface area (Å²) in [6, 6.07) is 13.2.